The Balaban J connectivity index is 1.56. The summed E-state index contributed by atoms with van der Waals surface area (Å²) in [7, 11) is 0. The van der Waals surface area contributed by atoms with Gasteiger partial charge >= 0.3 is 0 Å². The van der Waals surface area contributed by atoms with Crippen molar-refractivity contribution in [3.63, 3.8) is 0 Å². The SMILES string of the molecule is NCCCCCCC(=O)N1CCC(CN2CCOCC2)CC1. The van der Waals surface area contributed by atoms with Crippen LogP contribution in [-0.4, -0.2) is 68.2 Å². The standard InChI is InChI=1S/C17H33N3O2/c18-8-4-2-1-3-5-17(21)20-9-6-16(7-10-20)15-19-11-13-22-14-12-19/h16H,1-15,18H2. The minimum Gasteiger partial charge on any atom is -0.379 e. The molecule has 5 heteroatoms. The molecule has 2 saturated heterocycles. The molecule has 2 aliphatic heterocycles. The van der Waals surface area contributed by atoms with Crippen molar-refractivity contribution in [2.75, 3.05) is 52.5 Å². The third-order valence-electron chi connectivity index (χ3n) is 4.93. The molecule has 0 aromatic carbocycles. The maximum Gasteiger partial charge on any atom is 0.222 e. The van der Waals surface area contributed by atoms with Crippen LogP contribution in [-0.2, 0) is 9.53 Å². The third-order valence-corrected chi connectivity index (χ3v) is 4.93. The molecule has 0 atom stereocenters. The number of unbranched alkanes of at least 4 members (excludes halogenated alkanes) is 3. The molecule has 1 amide bonds. The monoisotopic (exact) mass is 311 g/mol. The lowest BCUT2D eigenvalue weighted by Gasteiger charge is -2.36. The number of ether oxygens (including phenoxy) is 1. The van der Waals surface area contributed by atoms with E-state index in [0.717, 1.165) is 96.8 Å². The van der Waals surface area contributed by atoms with Gasteiger partial charge in [-0.25, -0.2) is 0 Å². The van der Waals surface area contributed by atoms with Gasteiger partial charge in [0.2, 0.25) is 5.91 Å². The van der Waals surface area contributed by atoms with E-state index in [2.05, 4.69) is 9.80 Å². The zero-order valence-electron chi connectivity index (χ0n) is 14.0. The second-order valence-corrected chi connectivity index (χ2v) is 6.69. The second kappa shape index (κ2) is 10.2. The second-order valence-electron chi connectivity index (χ2n) is 6.69. The lowest BCUT2D eigenvalue weighted by Crippen LogP contribution is -2.44. The van der Waals surface area contributed by atoms with Gasteiger partial charge in [0.1, 0.15) is 0 Å². The number of hydrogen-bond donors (Lipinski definition) is 1. The summed E-state index contributed by atoms with van der Waals surface area (Å²) in [6.45, 7) is 7.76. The van der Waals surface area contributed by atoms with Gasteiger partial charge in [-0.2, -0.15) is 0 Å². The molecule has 0 aromatic rings. The summed E-state index contributed by atoms with van der Waals surface area (Å²) < 4.78 is 5.40. The van der Waals surface area contributed by atoms with Gasteiger partial charge in [-0.1, -0.05) is 12.8 Å². The van der Waals surface area contributed by atoms with Crippen molar-refractivity contribution < 1.29 is 9.53 Å². The fourth-order valence-electron chi connectivity index (χ4n) is 3.45. The van der Waals surface area contributed by atoms with Crippen LogP contribution in [0.1, 0.15) is 44.9 Å². The van der Waals surface area contributed by atoms with Crippen LogP contribution in [0.3, 0.4) is 0 Å². The Morgan fingerprint density at radius 2 is 1.68 bits per heavy atom. The van der Waals surface area contributed by atoms with E-state index in [0.29, 0.717) is 5.91 Å². The molecule has 0 aliphatic carbocycles. The average molecular weight is 311 g/mol. The molecule has 2 fully saturated rings. The molecule has 0 bridgehead atoms. The Kier molecular flexibility index (Phi) is 8.20. The quantitative estimate of drug-likeness (QED) is 0.690. The van der Waals surface area contributed by atoms with E-state index >= 15 is 0 Å². The minimum absolute atomic E-state index is 0.359. The highest BCUT2D eigenvalue weighted by Gasteiger charge is 2.24. The lowest BCUT2D eigenvalue weighted by molar-refractivity contribution is -0.132. The predicted molar refractivity (Wildman–Crippen MR) is 88.7 cm³/mol. The highest BCUT2D eigenvalue weighted by Crippen LogP contribution is 2.20. The number of morpholine rings is 1. The zero-order valence-corrected chi connectivity index (χ0v) is 14.0. The molecule has 2 aliphatic rings. The minimum atomic E-state index is 0.359. The van der Waals surface area contributed by atoms with E-state index in [9.17, 15) is 4.79 Å². The summed E-state index contributed by atoms with van der Waals surface area (Å²) in [5.41, 5.74) is 5.48. The van der Waals surface area contributed by atoms with Crippen LogP contribution in [0.5, 0.6) is 0 Å². The molecule has 0 saturated carbocycles. The van der Waals surface area contributed by atoms with Gasteiger partial charge in [0.25, 0.3) is 0 Å². The smallest absolute Gasteiger partial charge is 0.222 e. The van der Waals surface area contributed by atoms with E-state index in [4.69, 9.17) is 10.5 Å². The number of rotatable bonds is 8. The van der Waals surface area contributed by atoms with E-state index in [1.165, 1.54) is 6.54 Å². The van der Waals surface area contributed by atoms with Gasteiger partial charge in [-0.05, 0) is 38.1 Å². The van der Waals surface area contributed by atoms with E-state index < -0.39 is 0 Å². The summed E-state index contributed by atoms with van der Waals surface area (Å²) in [5.74, 6) is 1.12. The third kappa shape index (κ3) is 6.23. The molecule has 0 spiro atoms. The summed E-state index contributed by atoms with van der Waals surface area (Å²) >= 11 is 0. The number of carbonyl (C=O) groups excluding carboxylic acids is 1. The van der Waals surface area contributed by atoms with Crippen molar-refractivity contribution in [2.45, 2.75) is 44.9 Å². The Morgan fingerprint density at radius 1 is 1.00 bits per heavy atom. The molecule has 22 heavy (non-hydrogen) atoms. The molecule has 5 nitrogen and oxygen atoms in total. The Hall–Kier alpha value is -0.650. The topological polar surface area (TPSA) is 58.8 Å². The maximum atomic E-state index is 12.2. The number of hydrogen-bond acceptors (Lipinski definition) is 4. The number of likely N-dealkylation sites (tertiary alicyclic amines) is 1. The number of nitrogens with zero attached hydrogens (tertiary/aromatic N) is 2. The van der Waals surface area contributed by atoms with E-state index in [-0.39, 0.29) is 0 Å². The maximum absolute atomic E-state index is 12.2. The summed E-state index contributed by atoms with van der Waals surface area (Å²) in [4.78, 5) is 16.8. The first-order chi connectivity index (χ1) is 10.8. The molecule has 0 radical (unpaired) electrons. The van der Waals surface area contributed by atoms with Crippen LogP contribution in [0.15, 0.2) is 0 Å². The van der Waals surface area contributed by atoms with Gasteiger partial charge in [0, 0.05) is 39.1 Å². The molecule has 0 unspecified atom stereocenters. The summed E-state index contributed by atoms with van der Waals surface area (Å²) in [6.07, 6.45) is 7.45. The molecule has 2 N–H and O–H groups in total. The largest absolute Gasteiger partial charge is 0.379 e. The number of amides is 1. The highest BCUT2D eigenvalue weighted by molar-refractivity contribution is 5.76. The van der Waals surface area contributed by atoms with Gasteiger partial charge in [0.05, 0.1) is 13.2 Å². The van der Waals surface area contributed by atoms with Gasteiger partial charge in [-0.15, -0.1) is 0 Å². The summed E-state index contributed by atoms with van der Waals surface area (Å²) in [6, 6.07) is 0. The molecular formula is C17H33N3O2. The number of piperidine rings is 1. The van der Waals surface area contributed by atoms with Gasteiger partial charge in [0.15, 0.2) is 0 Å². The first-order valence-corrected chi connectivity index (χ1v) is 9.07. The number of nitrogens with two attached hydrogens (primary N) is 1. The highest BCUT2D eigenvalue weighted by atomic mass is 16.5. The Bertz CT molecular complexity index is 311. The fraction of sp³-hybridized carbons (Fsp3) is 0.941. The van der Waals surface area contributed by atoms with Crippen LogP contribution in [0.25, 0.3) is 0 Å². The molecule has 2 rings (SSSR count). The molecule has 0 aromatic heterocycles. The van der Waals surface area contributed by atoms with Crippen LogP contribution in [0, 0.1) is 5.92 Å². The first-order valence-electron chi connectivity index (χ1n) is 9.07. The lowest BCUT2D eigenvalue weighted by atomic mass is 9.95. The van der Waals surface area contributed by atoms with Gasteiger partial charge in [-0.3, -0.25) is 9.69 Å². The van der Waals surface area contributed by atoms with Crippen LogP contribution < -0.4 is 5.73 Å². The van der Waals surface area contributed by atoms with Crippen molar-refractivity contribution in [3.8, 4) is 0 Å². The van der Waals surface area contributed by atoms with Crippen LogP contribution in [0.4, 0.5) is 0 Å². The van der Waals surface area contributed by atoms with Crippen molar-refractivity contribution >= 4 is 5.91 Å². The number of carbonyl (C=O) groups is 1. The fourth-order valence-corrected chi connectivity index (χ4v) is 3.45. The Labute approximate surface area is 135 Å². The van der Waals surface area contributed by atoms with Gasteiger partial charge < -0.3 is 15.4 Å². The first kappa shape index (κ1) is 17.7. The van der Waals surface area contributed by atoms with Crippen LogP contribution in [0.2, 0.25) is 0 Å². The molecule has 2 heterocycles. The average Bonchev–Trinajstić information content (AvgIpc) is 2.56. The van der Waals surface area contributed by atoms with E-state index in [1.807, 2.05) is 0 Å². The predicted octanol–water partition coefficient (Wildman–Crippen LogP) is 1.47. The van der Waals surface area contributed by atoms with Crippen molar-refractivity contribution in [3.05, 3.63) is 0 Å². The van der Waals surface area contributed by atoms with Crippen LogP contribution >= 0.6 is 0 Å². The van der Waals surface area contributed by atoms with Crippen molar-refractivity contribution in [1.29, 1.82) is 0 Å². The zero-order chi connectivity index (χ0) is 15.6. The normalized spacial score (nSPS) is 21.2. The molecular weight excluding hydrogens is 278 g/mol. The van der Waals surface area contributed by atoms with E-state index in [1.54, 1.807) is 0 Å². The van der Waals surface area contributed by atoms with Crippen molar-refractivity contribution in [2.24, 2.45) is 11.7 Å². The van der Waals surface area contributed by atoms with Crippen molar-refractivity contribution in [1.82, 2.24) is 9.80 Å². The Morgan fingerprint density at radius 3 is 2.36 bits per heavy atom. The summed E-state index contributed by atoms with van der Waals surface area (Å²) in [5, 5.41) is 0. The molecule has 128 valence electrons.